The highest BCUT2D eigenvalue weighted by atomic mass is 16.6. The highest BCUT2D eigenvalue weighted by Gasteiger charge is 2.24. The molecule has 0 aliphatic rings. The second-order valence-electron chi connectivity index (χ2n) is 4.53. The zero-order valence-corrected chi connectivity index (χ0v) is 12.1. The van der Waals surface area contributed by atoms with E-state index in [2.05, 4.69) is 20.3 Å². The summed E-state index contributed by atoms with van der Waals surface area (Å²) in [6.07, 6.45) is 1.30. The molecular formula is C13H16N6O2. The zero-order valence-electron chi connectivity index (χ0n) is 12.1. The number of anilines is 2. The number of nitrogens with one attached hydrogen (secondary N) is 1. The van der Waals surface area contributed by atoms with Gasteiger partial charge >= 0.3 is 5.69 Å². The molecule has 2 aromatic heterocycles. The number of nitrogens with zero attached hydrogens (tertiary/aromatic N) is 5. The number of aromatic nitrogens is 3. The van der Waals surface area contributed by atoms with Crippen LogP contribution < -0.4 is 10.2 Å². The summed E-state index contributed by atoms with van der Waals surface area (Å²) in [5.74, 6) is 0.441. The summed E-state index contributed by atoms with van der Waals surface area (Å²) < 4.78 is 0. The normalized spacial score (nSPS) is 10.2. The average molecular weight is 288 g/mol. The molecule has 0 fully saturated rings. The maximum atomic E-state index is 11.3. The molecule has 0 aliphatic carbocycles. The van der Waals surface area contributed by atoms with E-state index in [1.807, 2.05) is 25.1 Å². The van der Waals surface area contributed by atoms with Gasteiger partial charge in [0.05, 0.1) is 17.2 Å². The van der Waals surface area contributed by atoms with E-state index in [4.69, 9.17) is 0 Å². The third kappa shape index (κ3) is 3.22. The van der Waals surface area contributed by atoms with Crippen molar-refractivity contribution in [3.8, 4) is 0 Å². The lowest BCUT2D eigenvalue weighted by Crippen LogP contribution is -2.20. The Morgan fingerprint density at radius 2 is 2.14 bits per heavy atom. The third-order valence-electron chi connectivity index (χ3n) is 2.93. The fourth-order valence-electron chi connectivity index (χ4n) is 2.01. The van der Waals surface area contributed by atoms with Crippen LogP contribution in [-0.4, -0.2) is 34.0 Å². The van der Waals surface area contributed by atoms with Gasteiger partial charge in [-0.25, -0.2) is 9.97 Å². The molecule has 0 aromatic carbocycles. The molecule has 0 radical (unpaired) electrons. The van der Waals surface area contributed by atoms with Gasteiger partial charge in [-0.15, -0.1) is 0 Å². The van der Waals surface area contributed by atoms with Gasteiger partial charge in [0.2, 0.25) is 11.6 Å². The van der Waals surface area contributed by atoms with Crippen molar-refractivity contribution < 1.29 is 4.92 Å². The predicted molar refractivity (Wildman–Crippen MR) is 79.3 cm³/mol. The standard InChI is InChI=1S/C13H16N6O2/c1-9-5-4-6-10(17-9)7-18(3)13-11(19(20)21)12(14-2)15-8-16-13/h4-6,8H,7H2,1-3H3,(H,14,15,16). The van der Waals surface area contributed by atoms with E-state index in [-0.39, 0.29) is 17.3 Å². The Hall–Kier alpha value is -2.77. The smallest absolute Gasteiger partial charge is 0.353 e. The SMILES string of the molecule is CNc1ncnc(N(C)Cc2cccc(C)n2)c1[N+](=O)[O-]. The Balaban J connectivity index is 2.35. The quantitative estimate of drug-likeness (QED) is 0.661. The Kier molecular flexibility index (Phi) is 4.27. The third-order valence-corrected chi connectivity index (χ3v) is 2.93. The summed E-state index contributed by atoms with van der Waals surface area (Å²) in [5.41, 5.74) is 1.57. The molecule has 1 N–H and O–H groups in total. The van der Waals surface area contributed by atoms with E-state index < -0.39 is 4.92 Å². The van der Waals surface area contributed by atoms with Crippen molar-refractivity contribution in [1.29, 1.82) is 0 Å². The summed E-state index contributed by atoms with van der Waals surface area (Å²) in [7, 11) is 3.32. The van der Waals surface area contributed by atoms with Gasteiger partial charge in [-0.2, -0.15) is 0 Å². The molecule has 0 aliphatic heterocycles. The predicted octanol–water partition coefficient (Wildman–Crippen LogP) is 1.77. The van der Waals surface area contributed by atoms with E-state index in [0.29, 0.717) is 6.54 Å². The minimum atomic E-state index is -0.485. The molecule has 8 heteroatoms. The van der Waals surface area contributed by atoms with Gasteiger partial charge in [-0.3, -0.25) is 15.1 Å². The molecule has 0 unspecified atom stereocenters. The molecule has 8 nitrogen and oxygen atoms in total. The summed E-state index contributed by atoms with van der Waals surface area (Å²) in [6, 6.07) is 5.67. The fraction of sp³-hybridized carbons (Fsp3) is 0.308. The van der Waals surface area contributed by atoms with Gasteiger partial charge in [0, 0.05) is 19.8 Å². The number of nitro groups is 1. The summed E-state index contributed by atoms with van der Waals surface area (Å²) >= 11 is 0. The number of rotatable bonds is 5. The van der Waals surface area contributed by atoms with Crippen LogP contribution in [0.3, 0.4) is 0 Å². The molecule has 0 amide bonds. The summed E-state index contributed by atoms with van der Waals surface area (Å²) in [6.45, 7) is 2.32. The van der Waals surface area contributed by atoms with Crippen molar-refractivity contribution in [2.75, 3.05) is 24.3 Å². The van der Waals surface area contributed by atoms with E-state index in [0.717, 1.165) is 11.4 Å². The van der Waals surface area contributed by atoms with Crippen molar-refractivity contribution in [3.63, 3.8) is 0 Å². The number of aryl methyl sites for hydroxylation is 1. The van der Waals surface area contributed by atoms with Crippen molar-refractivity contribution in [2.24, 2.45) is 0 Å². The van der Waals surface area contributed by atoms with E-state index in [1.165, 1.54) is 6.33 Å². The van der Waals surface area contributed by atoms with Crippen molar-refractivity contribution in [1.82, 2.24) is 15.0 Å². The summed E-state index contributed by atoms with van der Waals surface area (Å²) in [5, 5.41) is 14.0. The second-order valence-corrected chi connectivity index (χ2v) is 4.53. The summed E-state index contributed by atoms with van der Waals surface area (Å²) in [4.78, 5) is 24.7. The first-order chi connectivity index (χ1) is 10.0. The van der Waals surface area contributed by atoms with Gasteiger partial charge in [0.15, 0.2) is 0 Å². The molecule has 2 heterocycles. The fourth-order valence-corrected chi connectivity index (χ4v) is 2.01. The van der Waals surface area contributed by atoms with Crippen molar-refractivity contribution >= 4 is 17.3 Å². The van der Waals surface area contributed by atoms with E-state index >= 15 is 0 Å². The second kappa shape index (κ2) is 6.12. The lowest BCUT2D eigenvalue weighted by atomic mass is 10.3. The molecule has 110 valence electrons. The van der Waals surface area contributed by atoms with Gasteiger partial charge in [-0.1, -0.05) is 6.07 Å². The van der Waals surface area contributed by atoms with Crippen molar-refractivity contribution in [2.45, 2.75) is 13.5 Å². The highest BCUT2D eigenvalue weighted by molar-refractivity contribution is 5.69. The number of hydrogen-bond acceptors (Lipinski definition) is 7. The van der Waals surface area contributed by atoms with Crippen LogP contribution in [0.15, 0.2) is 24.5 Å². The van der Waals surface area contributed by atoms with E-state index in [1.54, 1.807) is 19.0 Å². The lowest BCUT2D eigenvalue weighted by Gasteiger charge is -2.18. The van der Waals surface area contributed by atoms with Crippen molar-refractivity contribution in [3.05, 3.63) is 46.0 Å². The molecule has 21 heavy (non-hydrogen) atoms. The Morgan fingerprint density at radius 3 is 2.76 bits per heavy atom. The molecule has 2 aromatic rings. The number of hydrogen-bond donors (Lipinski definition) is 1. The first-order valence-electron chi connectivity index (χ1n) is 6.33. The molecule has 2 rings (SSSR count). The minimum Gasteiger partial charge on any atom is -0.367 e. The first kappa shape index (κ1) is 14.6. The topological polar surface area (TPSA) is 97.1 Å². The monoisotopic (exact) mass is 288 g/mol. The first-order valence-corrected chi connectivity index (χ1v) is 6.33. The average Bonchev–Trinajstić information content (AvgIpc) is 2.46. The van der Waals surface area contributed by atoms with Crippen LogP contribution >= 0.6 is 0 Å². The van der Waals surface area contributed by atoms with Gasteiger partial charge in [0.1, 0.15) is 6.33 Å². The maximum Gasteiger partial charge on any atom is 0.353 e. The highest BCUT2D eigenvalue weighted by Crippen LogP contribution is 2.31. The zero-order chi connectivity index (χ0) is 15.4. The Morgan fingerprint density at radius 1 is 1.38 bits per heavy atom. The van der Waals surface area contributed by atoms with Crippen LogP contribution in [0.5, 0.6) is 0 Å². The van der Waals surface area contributed by atoms with Crippen LogP contribution in [0.1, 0.15) is 11.4 Å². The molecular weight excluding hydrogens is 272 g/mol. The van der Waals surface area contributed by atoms with Gasteiger partial charge < -0.3 is 10.2 Å². The van der Waals surface area contributed by atoms with Crippen LogP contribution in [0.25, 0.3) is 0 Å². The maximum absolute atomic E-state index is 11.3. The lowest BCUT2D eigenvalue weighted by molar-refractivity contribution is -0.383. The van der Waals surface area contributed by atoms with Gasteiger partial charge in [0.25, 0.3) is 0 Å². The molecule has 0 bridgehead atoms. The molecule has 0 saturated heterocycles. The molecule has 0 atom stereocenters. The van der Waals surface area contributed by atoms with Crippen LogP contribution in [0.2, 0.25) is 0 Å². The molecule has 0 saturated carbocycles. The Labute approximate surface area is 122 Å². The van der Waals surface area contributed by atoms with Gasteiger partial charge in [-0.05, 0) is 19.1 Å². The largest absolute Gasteiger partial charge is 0.367 e. The number of pyridine rings is 1. The van der Waals surface area contributed by atoms with Crippen LogP contribution in [0, 0.1) is 17.0 Å². The van der Waals surface area contributed by atoms with E-state index in [9.17, 15) is 10.1 Å². The molecule has 0 spiro atoms. The van der Waals surface area contributed by atoms with Crippen LogP contribution in [0.4, 0.5) is 17.3 Å². The Bertz CT molecular complexity index is 661. The minimum absolute atomic E-state index is 0.143. The van der Waals surface area contributed by atoms with Crippen LogP contribution in [-0.2, 0) is 6.54 Å².